The summed E-state index contributed by atoms with van der Waals surface area (Å²) in [5.74, 6) is -1.97. The fraction of sp³-hybridized carbons (Fsp3) is 0.286. The molecule has 2 saturated heterocycles. The zero-order valence-electron chi connectivity index (χ0n) is 10.7. The van der Waals surface area contributed by atoms with Crippen LogP contribution in [-0.4, -0.2) is 28.9 Å². The fourth-order valence-corrected chi connectivity index (χ4v) is 3.35. The van der Waals surface area contributed by atoms with Gasteiger partial charge in [-0.25, -0.2) is 4.90 Å². The standard InChI is InChI=1S/C14H10N2O5/c17-13-11-9-5-6-10(21-9)12(11)14(18)15(13)7-3-1-2-4-8(7)16(19)20/h1-6,9-12H/t9-,10+,11+,12-. The zero-order valence-corrected chi connectivity index (χ0v) is 10.7. The molecule has 0 aromatic heterocycles. The van der Waals surface area contributed by atoms with Crippen molar-refractivity contribution in [3.05, 3.63) is 46.5 Å². The highest BCUT2D eigenvalue weighted by Crippen LogP contribution is 2.47. The summed E-state index contributed by atoms with van der Waals surface area (Å²) in [6, 6.07) is 5.78. The monoisotopic (exact) mass is 286 g/mol. The molecule has 0 saturated carbocycles. The molecule has 0 spiro atoms. The number of benzene rings is 1. The van der Waals surface area contributed by atoms with Crippen LogP contribution in [0.15, 0.2) is 36.4 Å². The molecule has 4 atom stereocenters. The number of nitrogens with zero attached hydrogens (tertiary/aromatic N) is 2. The molecule has 3 heterocycles. The second-order valence-corrected chi connectivity index (χ2v) is 5.26. The first-order chi connectivity index (χ1) is 10.1. The number of nitro benzene ring substituents is 1. The van der Waals surface area contributed by atoms with Crippen molar-refractivity contribution in [3.63, 3.8) is 0 Å². The lowest BCUT2D eigenvalue weighted by molar-refractivity contribution is -0.384. The minimum absolute atomic E-state index is 0.0336. The molecule has 7 nitrogen and oxygen atoms in total. The van der Waals surface area contributed by atoms with E-state index in [-0.39, 0.29) is 11.4 Å². The summed E-state index contributed by atoms with van der Waals surface area (Å²) in [7, 11) is 0. The quantitative estimate of drug-likeness (QED) is 0.350. The topological polar surface area (TPSA) is 89.8 Å². The molecule has 0 N–H and O–H groups in total. The third-order valence-electron chi connectivity index (χ3n) is 4.23. The second kappa shape index (κ2) is 3.98. The van der Waals surface area contributed by atoms with E-state index in [9.17, 15) is 19.7 Å². The minimum Gasteiger partial charge on any atom is -0.365 e. The van der Waals surface area contributed by atoms with Gasteiger partial charge in [0.05, 0.1) is 29.0 Å². The van der Waals surface area contributed by atoms with Gasteiger partial charge in [0.15, 0.2) is 0 Å². The molecule has 3 aliphatic heterocycles. The van der Waals surface area contributed by atoms with E-state index in [0.717, 1.165) is 4.90 Å². The molecule has 2 amide bonds. The lowest BCUT2D eigenvalue weighted by Gasteiger charge is -2.17. The van der Waals surface area contributed by atoms with Crippen molar-refractivity contribution in [1.29, 1.82) is 0 Å². The molecule has 2 fully saturated rings. The Bertz CT molecular complexity index is 683. The van der Waals surface area contributed by atoms with Crippen LogP contribution in [-0.2, 0) is 14.3 Å². The van der Waals surface area contributed by atoms with Gasteiger partial charge in [-0.1, -0.05) is 24.3 Å². The number of ether oxygens (including phenoxy) is 1. The van der Waals surface area contributed by atoms with E-state index in [4.69, 9.17) is 4.74 Å². The van der Waals surface area contributed by atoms with E-state index in [2.05, 4.69) is 0 Å². The van der Waals surface area contributed by atoms with Gasteiger partial charge in [-0.15, -0.1) is 0 Å². The van der Waals surface area contributed by atoms with Crippen LogP contribution in [0.25, 0.3) is 0 Å². The average Bonchev–Trinajstić information content (AvgIpc) is 3.13. The Labute approximate surface area is 118 Å². The molecule has 0 unspecified atom stereocenters. The first-order valence-corrected chi connectivity index (χ1v) is 6.54. The number of rotatable bonds is 2. The van der Waals surface area contributed by atoms with Gasteiger partial charge < -0.3 is 4.74 Å². The van der Waals surface area contributed by atoms with Gasteiger partial charge in [0.25, 0.3) is 5.69 Å². The molecule has 2 bridgehead atoms. The number of fused-ring (bicyclic) bond motifs is 5. The van der Waals surface area contributed by atoms with Crippen molar-refractivity contribution in [3.8, 4) is 0 Å². The SMILES string of the molecule is O=C1[C@@H]2[C@H](C(=O)N1c1ccccc1[N+](=O)[O-])[C@@H]1C=C[C@H]2O1. The Hall–Kier alpha value is -2.54. The molecule has 1 aromatic carbocycles. The highest BCUT2D eigenvalue weighted by Gasteiger charge is 2.61. The van der Waals surface area contributed by atoms with Gasteiger partial charge >= 0.3 is 0 Å². The number of anilines is 1. The van der Waals surface area contributed by atoms with Gasteiger partial charge in [0.1, 0.15) is 5.69 Å². The normalized spacial score (nSPS) is 32.9. The smallest absolute Gasteiger partial charge is 0.293 e. The van der Waals surface area contributed by atoms with E-state index < -0.39 is 40.8 Å². The van der Waals surface area contributed by atoms with Crippen LogP contribution in [0.4, 0.5) is 11.4 Å². The minimum atomic E-state index is -0.590. The summed E-state index contributed by atoms with van der Waals surface area (Å²) >= 11 is 0. The van der Waals surface area contributed by atoms with Crippen molar-refractivity contribution in [2.75, 3.05) is 4.90 Å². The highest BCUT2D eigenvalue weighted by atomic mass is 16.6. The van der Waals surface area contributed by atoms with Gasteiger partial charge in [-0.3, -0.25) is 19.7 Å². The van der Waals surface area contributed by atoms with Crippen molar-refractivity contribution < 1.29 is 19.2 Å². The number of nitro groups is 1. The van der Waals surface area contributed by atoms with E-state index in [0.29, 0.717) is 0 Å². The summed E-state index contributed by atoms with van der Waals surface area (Å²) < 4.78 is 5.53. The van der Waals surface area contributed by atoms with Crippen LogP contribution in [0.3, 0.4) is 0 Å². The Kier molecular flexibility index (Phi) is 2.32. The molecule has 7 heteroatoms. The van der Waals surface area contributed by atoms with E-state index >= 15 is 0 Å². The molecular weight excluding hydrogens is 276 g/mol. The molecule has 0 aliphatic carbocycles. The van der Waals surface area contributed by atoms with Crippen molar-refractivity contribution >= 4 is 23.2 Å². The highest BCUT2D eigenvalue weighted by molar-refractivity contribution is 6.23. The number of carbonyl (C=O) groups is 2. The van der Waals surface area contributed by atoms with E-state index in [1.807, 2.05) is 0 Å². The number of carbonyl (C=O) groups excluding carboxylic acids is 2. The predicted octanol–water partition coefficient (Wildman–Crippen LogP) is 1.04. The van der Waals surface area contributed by atoms with E-state index in [1.54, 1.807) is 18.2 Å². The van der Waals surface area contributed by atoms with Gasteiger partial charge in [-0.05, 0) is 6.07 Å². The van der Waals surface area contributed by atoms with Crippen LogP contribution < -0.4 is 4.90 Å². The number of hydrogen-bond acceptors (Lipinski definition) is 5. The van der Waals surface area contributed by atoms with Gasteiger partial charge in [0, 0.05) is 6.07 Å². The van der Waals surface area contributed by atoms with E-state index in [1.165, 1.54) is 18.2 Å². The van der Waals surface area contributed by atoms with Crippen LogP contribution in [0, 0.1) is 22.0 Å². The Morgan fingerprint density at radius 2 is 1.62 bits per heavy atom. The summed E-state index contributed by atoms with van der Waals surface area (Å²) in [5, 5.41) is 11.1. The lowest BCUT2D eigenvalue weighted by atomic mass is 9.85. The van der Waals surface area contributed by atoms with Crippen LogP contribution >= 0.6 is 0 Å². The summed E-state index contributed by atoms with van der Waals surface area (Å²) in [6.07, 6.45) is 2.76. The van der Waals surface area contributed by atoms with Crippen molar-refractivity contribution in [2.24, 2.45) is 11.8 Å². The number of para-hydroxylation sites is 2. The third-order valence-corrected chi connectivity index (χ3v) is 4.23. The Morgan fingerprint density at radius 1 is 1.05 bits per heavy atom. The number of amides is 2. The second-order valence-electron chi connectivity index (χ2n) is 5.26. The first kappa shape index (κ1) is 12.2. The molecular formula is C14H10N2O5. The van der Waals surface area contributed by atoms with Crippen LogP contribution in [0.1, 0.15) is 0 Å². The number of hydrogen-bond donors (Lipinski definition) is 0. The predicted molar refractivity (Wildman–Crippen MR) is 70.4 cm³/mol. The lowest BCUT2D eigenvalue weighted by Crippen LogP contribution is -2.34. The molecule has 21 heavy (non-hydrogen) atoms. The summed E-state index contributed by atoms with van der Waals surface area (Å²) in [5.41, 5.74) is -0.216. The average molecular weight is 286 g/mol. The van der Waals surface area contributed by atoms with Gasteiger partial charge in [-0.2, -0.15) is 0 Å². The largest absolute Gasteiger partial charge is 0.365 e. The molecule has 0 radical (unpaired) electrons. The fourth-order valence-electron chi connectivity index (χ4n) is 3.35. The maximum absolute atomic E-state index is 12.5. The summed E-state index contributed by atoms with van der Waals surface area (Å²) in [4.78, 5) is 36.5. The number of imide groups is 1. The molecule has 1 aromatic rings. The summed E-state index contributed by atoms with van der Waals surface area (Å²) in [6.45, 7) is 0. The van der Waals surface area contributed by atoms with Crippen LogP contribution in [0.5, 0.6) is 0 Å². The Balaban J connectivity index is 1.80. The molecule has 106 valence electrons. The Morgan fingerprint density at radius 3 is 2.19 bits per heavy atom. The first-order valence-electron chi connectivity index (χ1n) is 6.54. The maximum atomic E-state index is 12.5. The van der Waals surface area contributed by atoms with Crippen molar-refractivity contribution in [2.45, 2.75) is 12.2 Å². The molecule has 3 aliphatic rings. The van der Waals surface area contributed by atoms with Gasteiger partial charge in [0.2, 0.25) is 11.8 Å². The molecule has 4 rings (SSSR count). The zero-order chi connectivity index (χ0) is 14.7. The van der Waals surface area contributed by atoms with Crippen molar-refractivity contribution in [1.82, 2.24) is 0 Å². The maximum Gasteiger partial charge on any atom is 0.293 e. The van der Waals surface area contributed by atoms with Crippen LogP contribution in [0.2, 0.25) is 0 Å². The third kappa shape index (κ3) is 1.46.